The molecule has 0 aliphatic rings. The molecule has 0 unspecified atom stereocenters. The van der Waals surface area contributed by atoms with Crippen molar-refractivity contribution in [1.29, 1.82) is 0 Å². The first kappa shape index (κ1) is 33.0. The fraction of sp³-hybridized carbons (Fsp3) is 0. The van der Waals surface area contributed by atoms with Crippen LogP contribution < -0.4 is 0 Å². The summed E-state index contributed by atoms with van der Waals surface area (Å²) in [5.74, 6) is 2.33. The highest BCUT2D eigenvalue weighted by Gasteiger charge is 2.18. The van der Waals surface area contributed by atoms with Crippen LogP contribution in [0, 0.1) is 0 Å². The molecule has 12 rings (SSSR count). The fourth-order valence-electron chi connectivity index (χ4n) is 8.27. The molecule has 0 spiro atoms. The van der Waals surface area contributed by atoms with Gasteiger partial charge in [0.05, 0.1) is 11.0 Å². The molecular weight excluding hydrogens is 727 g/mol. The second-order valence-corrected chi connectivity index (χ2v) is 14.7. The molecule has 0 aliphatic carbocycles. The Bertz CT molecular complexity index is 3490. The zero-order chi connectivity index (χ0) is 38.9. The molecule has 276 valence electrons. The number of rotatable bonds is 6. The lowest BCUT2D eigenvalue weighted by Crippen LogP contribution is -2.00. The maximum Gasteiger partial charge on any atom is 0.227 e. The Kier molecular flexibility index (Phi) is 7.40. The first-order valence-corrected chi connectivity index (χ1v) is 19.5. The Morgan fingerprint density at radius 1 is 0.356 bits per heavy atom. The number of aromatic nitrogens is 5. The summed E-state index contributed by atoms with van der Waals surface area (Å²) in [5.41, 5.74) is 12.3. The summed E-state index contributed by atoms with van der Waals surface area (Å²) in [6.45, 7) is 0. The van der Waals surface area contributed by atoms with Crippen molar-refractivity contribution in [2.75, 3.05) is 0 Å². The van der Waals surface area contributed by atoms with Gasteiger partial charge in [-0.05, 0) is 72.3 Å². The van der Waals surface area contributed by atoms with Crippen LogP contribution >= 0.6 is 0 Å². The van der Waals surface area contributed by atoms with Crippen molar-refractivity contribution in [1.82, 2.24) is 24.5 Å². The molecule has 4 aromatic heterocycles. The molecule has 12 aromatic rings. The largest absolute Gasteiger partial charge is 0.455 e. The standard InChI is InChI=1S/C52H31N5O2/c1-3-12-32(13-4-1)49-54-50(33-14-5-2-6-15-33)56-51(55-49)36-25-29-47-43(31-36)53-52(59-47)34-22-26-37(27-23-34)57-44-20-9-7-16-39(44)42-30-35(24-28-45(42)57)38-18-11-19-41-40-17-8-10-21-46(40)58-48(38)41/h1-31H. The molecule has 8 aromatic carbocycles. The Balaban J connectivity index is 0.903. The Hall–Kier alpha value is -8.16. The van der Waals surface area contributed by atoms with E-state index in [9.17, 15) is 0 Å². The molecule has 0 fully saturated rings. The van der Waals surface area contributed by atoms with Gasteiger partial charge in [-0.25, -0.2) is 19.9 Å². The molecule has 0 saturated carbocycles. The molecule has 0 atom stereocenters. The molecule has 0 radical (unpaired) electrons. The first-order chi connectivity index (χ1) is 29.2. The number of fused-ring (bicyclic) bond motifs is 7. The molecule has 4 heterocycles. The van der Waals surface area contributed by atoms with Crippen molar-refractivity contribution in [2.24, 2.45) is 0 Å². The monoisotopic (exact) mass is 757 g/mol. The lowest BCUT2D eigenvalue weighted by molar-refractivity contribution is 0.620. The van der Waals surface area contributed by atoms with Crippen LogP contribution in [0.1, 0.15) is 0 Å². The second kappa shape index (κ2) is 13.2. The van der Waals surface area contributed by atoms with Gasteiger partial charge in [-0.15, -0.1) is 0 Å². The summed E-state index contributed by atoms with van der Waals surface area (Å²) in [6, 6.07) is 64.2. The predicted octanol–water partition coefficient (Wildman–Crippen LogP) is 13.3. The van der Waals surface area contributed by atoms with E-state index in [1.165, 1.54) is 10.8 Å². The molecule has 7 heteroatoms. The fourth-order valence-corrected chi connectivity index (χ4v) is 8.27. The molecule has 7 nitrogen and oxygen atoms in total. The van der Waals surface area contributed by atoms with Crippen LogP contribution in [0.3, 0.4) is 0 Å². The Morgan fingerprint density at radius 3 is 1.73 bits per heavy atom. The third-order valence-corrected chi connectivity index (χ3v) is 11.1. The van der Waals surface area contributed by atoms with Gasteiger partial charge in [-0.1, -0.05) is 121 Å². The minimum absolute atomic E-state index is 0.543. The zero-order valence-corrected chi connectivity index (χ0v) is 31.5. The van der Waals surface area contributed by atoms with Gasteiger partial charge in [0, 0.05) is 55.0 Å². The Morgan fingerprint density at radius 2 is 0.966 bits per heavy atom. The number of para-hydroxylation sites is 3. The number of hydrogen-bond acceptors (Lipinski definition) is 6. The molecule has 0 aliphatic heterocycles. The molecule has 0 saturated heterocycles. The lowest BCUT2D eigenvalue weighted by Gasteiger charge is -2.09. The smallest absolute Gasteiger partial charge is 0.227 e. The molecule has 59 heavy (non-hydrogen) atoms. The van der Waals surface area contributed by atoms with Crippen molar-refractivity contribution in [2.45, 2.75) is 0 Å². The zero-order valence-electron chi connectivity index (χ0n) is 31.5. The summed E-state index contributed by atoms with van der Waals surface area (Å²) in [5, 5.41) is 4.61. The number of furan rings is 1. The van der Waals surface area contributed by atoms with Crippen LogP contribution in [0.2, 0.25) is 0 Å². The summed E-state index contributed by atoms with van der Waals surface area (Å²) in [6.07, 6.45) is 0. The van der Waals surface area contributed by atoms with E-state index in [4.69, 9.17) is 28.8 Å². The van der Waals surface area contributed by atoms with E-state index in [-0.39, 0.29) is 0 Å². The summed E-state index contributed by atoms with van der Waals surface area (Å²) >= 11 is 0. The van der Waals surface area contributed by atoms with E-state index in [1.807, 2.05) is 91.0 Å². The van der Waals surface area contributed by atoms with Crippen molar-refractivity contribution in [3.8, 4) is 62.4 Å². The summed E-state index contributed by atoms with van der Waals surface area (Å²) in [4.78, 5) is 19.6. The average molecular weight is 758 g/mol. The first-order valence-electron chi connectivity index (χ1n) is 19.5. The minimum Gasteiger partial charge on any atom is -0.455 e. The molecule has 0 amide bonds. The number of hydrogen-bond donors (Lipinski definition) is 0. The topological polar surface area (TPSA) is 82.8 Å². The van der Waals surface area contributed by atoms with Crippen LogP contribution in [-0.2, 0) is 0 Å². The van der Waals surface area contributed by atoms with Crippen molar-refractivity contribution in [3.63, 3.8) is 0 Å². The van der Waals surface area contributed by atoms with Crippen LogP contribution in [-0.4, -0.2) is 24.5 Å². The maximum absolute atomic E-state index is 6.42. The van der Waals surface area contributed by atoms with Crippen LogP contribution in [0.25, 0.3) is 117 Å². The van der Waals surface area contributed by atoms with E-state index in [1.54, 1.807) is 0 Å². The molecular formula is C52H31N5O2. The highest BCUT2D eigenvalue weighted by molar-refractivity contribution is 6.13. The van der Waals surface area contributed by atoms with Gasteiger partial charge in [0.15, 0.2) is 23.1 Å². The van der Waals surface area contributed by atoms with Crippen LogP contribution in [0.15, 0.2) is 197 Å². The van der Waals surface area contributed by atoms with E-state index in [0.717, 1.165) is 77.6 Å². The van der Waals surface area contributed by atoms with Gasteiger partial charge >= 0.3 is 0 Å². The highest BCUT2D eigenvalue weighted by atomic mass is 16.3. The quantitative estimate of drug-likeness (QED) is 0.168. The minimum atomic E-state index is 0.543. The van der Waals surface area contributed by atoms with Crippen molar-refractivity contribution >= 4 is 54.8 Å². The number of oxazole rings is 1. The van der Waals surface area contributed by atoms with Gasteiger partial charge in [0.25, 0.3) is 0 Å². The van der Waals surface area contributed by atoms with Gasteiger partial charge < -0.3 is 13.4 Å². The predicted molar refractivity (Wildman–Crippen MR) is 236 cm³/mol. The third kappa shape index (κ3) is 5.51. The highest BCUT2D eigenvalue weighted by Crippen LogP contribution is 2.40. The van der Waals surface area contributed by atoms with Gasteiger partial charge in [0.2, 0.25) is 5.89 Å². The Labute approximate surface area is 337 Å². The van der Waals surface area contributed by atoms with Crippen molar-refractivity contribution in [3.05, 3.63) is 188 Å². The molecule has 0 bridgehead atoms. The SMILES string of the molecule is c1ccc(-c2nc(-c3ccccc3)nc(-c3ccc4oc(-c5ccc(-n6c7ccccc7c7cc(-c8cccc9c8oc8ccccc89)ccc76)cc5)nc4c3)n2)cc1. The van der Waals surface area contributed by atoms with Gasteiger partial charge in [-0.2, -0.15) is 0 Å². The van der Waals surface area contributed by atoms with E-state index < -0.39 is 0 Å². The van der Waals surface area contributed by atoms with Gasteiger partial charge in [0.1, 0.15) is 16.7 Å². The van der Waals surface area contributed by atoms with E-state index in [0.29, 0.717) is 28.9 Å². The number of benzene rings is 8. The number of nitrogens with zero attached hydrogens (tertiary/aromatic N) is 5. The van der Waals surface area contributed by atoms with E-state index >= 15 is 0 Å². The second-order valence-electron chi connectivity index (χ2n) is 14.7. The maximum atomic E-state index is 6.42. The molecule has 0 N–H and O–H groups in total. The van der Waals surface area contributed by atoms with Crippen LogP contribution in [0.5, 0.6) is 0 Å². The average Bonchev–Trinajstić information content (AvgIpc) is 4.01. The van der Waals surface area contributed by atoms with Crippen molar-refractivity contribution < 1.29 is 8.83 Å². The van der Waals surface area contributed by atoms with E-state index in [2.05, 4.69) is 102 Å². The van der Waals surface area contributed by atoms with Gasteiger partial charge in [-0.3, -0.25) is 0 Å². The normalized spacial score (nSPS) is 11.7. The third-order valence-electron chi connectivity index (χ3n) is 11.1. The summed E-state index contributed by atoms with van der Waals surface area (Å²) in [7, 11) is 0. The lowest BCUT2D eigenvalue weighted by atomic mass is 10.0. The van der Waals surface area contributed by atoms with Crippen LogP contribution in [0.4, 0.5) is 0 Å². The summed E-state index contributed by atoms with van der Waals surface area (Å²) < 4.78 is 15.1.